The third kappa shape index (κ3) is 5.06. The van der Waals surface area contributed by atoms with E-state index in [2.05, 4.69) is 12.2 Å². The summed E-state index contributed by atoms with van der Waals surface area (Å²) in [6, 6.07) is 0.556. The molecular weight excluding hydrogens is 242 g/mol. The maximum atomic E-state index is 11.1. The molecule has 1 N–H and O–H groups in total. The van der Waals surface area contributed by atoms with E-state index < -0.39 is 9.84 Å². The summed E-state index contributed by atoms with van der Waals surface area (Å²) in [5.74, 6) is 1.81. The number of rotatable bonds is 5. The third-order valence-electron chi connectivity index (χ3n) is 3.21. The van der Waals surface area contributed by atoms with Crippen molar-refractivity contribution in [1.29, 1.82) is 0 Å². The molecule has 96 valence electrons. The smallest absolute Gasteiger partial charge is 0.148 e. The second-order valence-electron chi connectivity index (χ2n) is 4.85. The molecule has 0 amide bonds. The van der Waals surface area contributed by atoms with Crippen molar-refractivity contribution in [2.45, 2.75) is 37.5 Å². The summed E-state index contributed by atoms with van der Waals surface area (Å²) >= 11 is 1.82. The van der Waals surface area contributed by atoms with Gasteiger partial charge in [-0.05, 0) is 32.2 Å². The Morgan fingerprint density at radius 2 is 2.06 bits per heavy atom. The molecule has 16 heavy (non-hydrogen) atoms. The van der Waals surface area contributed by atoms with Crippen LogP contribution >= 0.6 is 11.8 Å². The monoisotopic (exact) mass is 265 g/mol. The van der Waals surface area contributed by atoms with Crippen LogP contribution in [0.15, 0.2) is 0 Å². The molecule has 0 saturated heterocycles. The van der Waals surface area contributed by atoms with E-state index >= 15 is 0 Å². The maximum Gasteiger partial charge on any atom is 0.148 e. The zero-order valence-corrected chi connectivity index (χ0v) is 12.0. The summed E-state index contributed by atoms with van der Waals surface area (Å²) in [5, 5.41) is 3.93. The number of sulfone groups is 1. The summed E-state index contributed by atoms with van der Waals surface area (Å²) in [6.45, 7) is 2.29. The summed E-state index contributed by atoms with van der Waals surface area (Å²) in [4.78, 5) is 0. The number of nitrogens with one attached hydrogen (secondary N) is 1. The lowest BCUT2D eigenvalue weighted by Crippen LogP contribution is -2.40. The third-order valence-corrected chi connectivity index (χ3v) is 5.80. The molecule has 0 bridgehead atoms. The predicted octanol–water partition coefficient (Wildman–Crippen LogP) is 1.54. The summed E-state index contributed by atoms with van der Waals surface area (Å²) in [6.07, 6.45) is 5.02. The molecule has 0 aliphatic heterocycles. The van der Waals surface area contributed by atoms with Crippen molar-refractivity contribution in [3.05, 3.63) is 0 Å². The van der Waals surface area contributed by atoms with Gasteiger partial charge in [0.15, 0.2) is 0 Å². The van der Waals surface area contributed by atoms with E-state index in [1.165, 1.54) is 25.5 Å². The van der Waals surface area contributed by atoms with Gasteiger partial charge in [-0.15, -0.1) is 0 Å². The molecule has 1 rings (SSSR count). The van der Waals surface area contributed by atoms with Crippen molar-refractivity contribution in [3.8, 4) is 0 Å². The quantitative estimate of drug-likeness (QED) is 0.819. The van der Waals surface area contributed by atoms with Crippen molar-refractivity contribution in [2.75, 3.05) is 24.8 Å². The second kappa shape index (κ2) is 6.26. The lowest BCUT2D eigenvalue weighted by Gasteiger charge is -2.34. The molecule has 0 spiro atoms. The molecule has 0 radical (unpaired) electrons. The Kier molecular flexibility index (Phi) is 5.61. The van der Waals surface area contributed by atoms with Gasteiger partial charge in [-0.3, -0.25) is 0 Å². The first-order valence-electron chi connectivity index (χ1n) is 5.89. The van der Waals surface area contributed by atoms with Crippen molar-refractivity contribution in [1.82, 2.24) is 5.32 Å². The lowest BCUT2D eigenvalue weighted by atomic mass is 9.87. The van der Waals surface area contributed by atoms with Gasteiger partial charge in [0.2, 0.25) is 0 Å². The highest BCUT2D eigenvalue weighted by Gasteiger charge is 2.27. The van der Waals surface area contributed by atoms with Crippen LogP contribution in [0.5, 0.6) is 0 Å². The average Bonchev–Trinajstić information content (AvgIpc) is 2.16. The van der Waals surface area contributed by atoms with E-state index in [9.17, 15) is 8.42 Å². The molecule has 5 heteroatoms. The van der Waals surface area contributed by atoms with Gasteiger partial charge in [0.1, 0.15) is 9.84 Å². The molecule has 3 unspecified atom stereocenters. The Bertz CT molecular complexity index is 303. The van der Waals surface area contributed by atoms with Crippen LogP contribution in [-0.4, -0.2) is 44.5 Å². The molecule has 0 aromatic heterocycles. The second-order valence-corrected chi connectivity index (χ2v) is 8.46. The van der Waals surface area contributed by atoms with E-state index in [1.807, 2.05) is 18.8 Å². The first kappa shape index (κ1) is 14.3. The molecule has 1 aliphatic carbocycles. The molecule has 1 fully saturated rings. The molecule has 1 saturated carbocycles. The Balaban J connectivity index is 2.37. The molecule has 3 atom stereocenters. The van der Waals surface area contributed by atoms with E-state index in [0.29, 0.717) is 17.0 Å². The topological polar surface area (TPSA) is 46.2 Å². The molecular formula is C11H23NO2S2. The van der Waals surface area contributed by atoms with Crippen LogP contribution in [0.4, 0.5) is 0 Å². The summed E-state index contributed by atoms with van der Waals surface area (Å²) < 4.78 is 22.1. The number of hydrogen-bond acceptors (Lipinski definition) is 4. The van der Waals surface area contributed by atoms with Gasteiger partial charge in [0, 0.05) is 23.3 Å². The SMILES string of the molecule is CNC1CCC(C)CC1SCCS(C)(=O)=O. The molecule has 3 nitrogen and oxygen atoms in total. The zero-order valence-electron chi connectivity index (χ0n) is 10.4. The molecule has 1 aliphatic rings. The van der Waals surface area contributed by atoms with Crippen LogP contribution in [0.3, 0.4) is 0 Å². The van der Waals surface area contributed by atoms with Gasteiger partial charge in [0.25, 0.3) is 0 Å². The van der Waals surface area contributed by atoms with Crippen molar-refractivity contribution in [3.63, 3.8) is 0 Å². The van der Waals surface area contributed by atoms with Crippen LogP contribution in [0.1, 0.15) is 26.2 Å². The number of thioether (sulfide) groups is 1. The molecule has 0 aromatic rings. The Hall–Kier alpha value is 0.260. The minimum Gasteiger partial charge on any atom is -0.316 e. The van der Waals surface area contributed by atoms with E-state index in [0.717, 1.165) is 11.7 Å². The van der Waals surface area contributed by atoms with E-state index in [1.54, 1.807) is 0 Å². The summed E-state index contributed by atoms with van der Waals surface area (Å²) in [7, 11) is -0.799. The van der Waals surface area contributed by atoms with E-state index in [4.69, 9.17) is 0 Å². The maximum absolute atomic E-state index is 11.1. The standard InChI is InChI=1S/C11H23NO2S2/c1-9-4-5-10(12-2)11(8-9)15-6-7-16(3,13)14/h9-12H,4-8H2,1-3H3. The van der Waals surface area contributed by atoms with Gasteiger partial charge in [-0.1, -0.05) is 6.92 Å². The van der Waals surface area contributed by atoms with Crippen molar-refractivity contribution in [2.24, 2.45) is 5.92 Å². The molecule has 0 aromatic carbocycles. The van der Waals surface area contributed by atoms with Gasteiger partial charge in [0.05, 0.1) is 5.75 Å². The largest absolute Gasteiger partial charge is 0.316 e. The Morgan fingerprint density at radius 3 is 2.62 bits per heavy atom. The Morgan fingerprint density at radius 1 is 1.38 bits per heavy atom. The fraction of sp³-hybridized carbons (Fsp3) is 1.00. The number of hydrogen-bond donors (Lipinski definition) is 1. The minimum absolute atomic E-state index is 0.305. The van der Waals surface area contributed by atoms with Crippen molar-refractivity contribution < 1.29 is 8.42 Å². The highest BCUT2D eigenvalue weighted by Crippen LogP contribution is 2.32. The zero-order chi connectivity index (χ0) is 12.2. The van der Waals surface area contributed by atoms with Gasteiger partial charge in [-0.2, -0.15) is 11.8 Å². The predicted molar refractivity (Wildman–Crippen MR) is 71.8 cm³/mol. The lowest BCUT2D eigenvalue weighted by molar-refractivity contribution is 0.329. The highest BCUT2D eigenvalue weighted by molar-refractivity contribution is 8.01. The van der Waals surface area contributed by atoms with E-state index in [-0.39, 0.29) is 0 Å². The first-order chi connectivity index (χ1) is 7.42. The van der Waals surface area contributed by atoms with Gasteiger partial charge in [-0.25, -0.2) is 8.42 Å². The van der Waals surface area contributed by atoms with Crippen LogP contribution in [-0.2, 0) is 9.84 Å². The van der Waals surface area contributed by atoms with Crippen LogP contribution < -0.4 is 5.32 Å². The van der Waals surface area contributed by atoms with Gasteiger partial charge < -0.3 is 5.32 Å². The van der Waals surface area contributed by atoms with Crippen LogP contribution in [0, 0.1) is 5.92 Å². The van der Waals surface area contributed by atoms with Crippen molar-refractivity contribution >= 4 is 21.6 Å². The minimum atomic E-state index is -2.80. The van der Waals surface area contributed by atoms with Gasteiger partial charge >= 0.3 is 0 Å². The van der Waals surface area contributed by atoms with Crippen LogP contribution in [0.25, 0.3) is 0 Å². The highest BCUT2D eigenvalue weighted by atomic mass is 32.2. The average molecular weight is 265 g/mol. The fourth-order valence-electron chi connectivity index (χ4n) is 2.19. The molecule has 0 heterocycles. The summed E-state index contributed by atoms with van der Waals surface area (Å²) in [5.41, 5.74) is 0. The fourth-order valence-corrected chi connectivity index (χ4v) is 5.06. The van der Waals surface area contributed by atoms with Crippen LogP contribution in [0.2, 0.25) is 0 Å². The first-order valence-corrected chi connectivity index (χ1v) is 9.00. The normalized spacial score (nSPS) is 31.6. The Labute approximate surface area is 104 Å².